The summed E-state index contributed by atoms with van der Waals surface area (Å²) in [5.74, 6) is -1.64. The van der Waals surface area contributed by atoms with E-state index >= 15 is 0 Å². The lowest BCUT2D eigenvalue weighted by atomic mass is 10.1. The van der Waals surface area contributed by atoms with Gasteiger partial charge in [0.05, 0.1) is 5.92 Å². The van der Waals surface area contributed by atoms with Crippen LogP contribution < -0.4 is 15.2 Å². The first-order valence-corrected chi connectivity index (χ1v) is 13.5. The zero-order chi connectivity index (χ0) is 30.8. The first-order valence-electron chi connectivity index (χ1n) is 13.5. The van der Waals surface area contributed by atoms with E-state index in [1.807, 2.05) is 13.8 Å². The van der Waals surface area contributed by atoms with E-state index < -0.39 is 53.7 Å². The van der Waals surface area contributed by atoms with Crippen LogP contribution in [0.1, 0.15) is 87.6 Å². The van der Waals surface area contributed by atoms with Crippen LogP contribution in [0.3, 0.4) is 0 Å². The molecule has 1 rings (SSSR count). The van der Waals surface area contributed by atoms with Crippen LogP contribution in [0.25, 0.3) is 0 Å². The first kappa shape index (κ1) is 34.7. The molecule has 1 aromatic carbocycles. The Morgan fingerprint density at radius 2 is 1.20 bits per heavy atom. The molecule has 40 heavy (non-hydrogen) atoms. The lowest BCUT2D eigenvalue weighted by Gasteiger charge is -2.24. The standard InChI is InChI=1S/C29H45NO10/c1-11-28(7,8)39-26(33)37-22-14-13-20(16-23(22)38-27(34)40-29(9,10)12-2)15-21(30)25(32)36-19(6)18(5)35-24(31)17(3)4/h13-14,16-19,21H,11-12,15,30H2,1-10H3/t18-,19-,21-/m0/s1. The maximum atomic E-state index is 12.6. The van der Waals surface area contributed by atoms with E-state index in [2.05, 4.69) is 0 Å². The fourth-order valence-electron chi connectivity index (χ4n) is 2.78. The highest BCUT2D eigenvalue weighted by atomic mass is 16.8. The van der Waals surface area contributed by atoms with E-state index in [9.17, 15) is 19.2 Å². The summed E-state index contributed by atoms with van der Waals surface area (Å²) >= 11 is 0. The average molecular weight is 568 g/mol. The zero-order valence-corrected chi connectivity index (χ0v) is 25.3. The molecule has 0 fully saturated rings. The lowest BCUT2D eigenvalue weighted by Crippen LogP contribution is -2.39. The van der Waals surface area contributed by atoms with Gasteiger partial charge in [-0.3, -0.25) is 9.59 Å². The molecule has 1 aromatic rings. The van der Waals surface area contributed by atoms with Gasteiger partial charge in [0.2, 0.25) is 0 Å². The summed E-state index contributed by atoms with van der Waals surface area (Å²) in [5.41, 5.74) is 5.02. The van der Waals surface area contributed by atoms with Crippen LogP contribution in [0.15, 0.2) is 18.2 Å². The molecule has 11 heteroatoms. The Bertz CT molecular complexity index is 1030. The highest BCUT2D eigenvalue weighted by molar-refractivity contribution is 5.76. The SMILES string of the molecule is CCC(C)(C)OC(=O)Oc1ccc(C[C@H](N)C(=O)O[C@@H](C)[C@H](C)OC(=O)C(C)C)cc1OC(=O)OC(C)(C)CC. The number of hydrogen-bond acceptors (Lipinski definition) is 11. The topological polar surface area (TPSA) is 150 Å². The van der Waals surface area contributed by atoms with Crippen molar-refractivity contribution >= 4 is 24.2 Å². The van der Waals surface area contributed by atoms with E-state index in [4.69, 9.17) is 34.2 Å². The predicted molar refractivity (Wildman–Crippen MR) is 147 cm³/mol. The van der Waals surface area contributed by atoms with Crippen LogP contribution >= 0.6 is 0 Å². The Hall–Kier alpha value is -3.34. The zero-order valence-electron chi connectivity index (χ0n) is 25.3. The Labute approximate surface area is 236 Å². The molecule has 0 heterocycles. The second-order valence-electron chi connectivity index (χ2n) is 11.2. The highest BCUT2D eigenvalue weighted by Gasteiger charge is 2.28. The summed E-state index contributed by atoms with van der Waals surface area (Å²) in [6.07, 6.45) is -2.29. The van der Waals surface area contributed by atoms with Gasteiger partial charge in [-0.15, -0.1) is 0 Å². The van der Waals surface area contributed by atoms with Crippen molar-refractivity contribution in [2.75, 3.05) is 0 Å². The van der Waals surface area contributed by atoms with E-state index in [1.54, 1.807) is 61.5 Å². The van der Waals surface area contributed by atoms with Crippen molar-refractivity contribution in [3.63, 3.8) is 0 Å². The molecule has 3 atom stereocenters. The van der Waals surface area contributed by atoms with Crippen LogP contribution in [0.5, 0.6) is 11.5 Å². The average Bonchev–Trinajstić information content (AvgIpc) is 2.84. The van der Waals surface area contributed by atoms with E-state index in [0.29, 0.717) is 18.4 Å². The molecule has 0 aromatic heterocycles. The van der Waals surface area contributed by atoms with E-state index in [-0.39, 0.29) is 23.8 Å². The summed E-state index contributed by atoms with van der Waals surface area (Å²) in [6.45, 7) is 17.3. The number of benzene rings is 1. The molecule has 0 radical (unpaired) electrons. The molecule has 0 bridgehead atoms. The molecule has 0 saturated carbocycles. The van der Waals surface area contributed by atoms with E-state index in [1.165, 1.54) is 12.1 Å². The molecule has 0 aliphatic heterocycles. The number of nitrogens with two attached hydrogens (primary N) is 1. The fraction of sp³-hybridized carbons (Fsp3) is 0.655. The smallest absolute Gasteiger partial charge is 0.459 e. The predicted octanol–water partition coefficient (Wildman–Crippen LogP) is 5.48. The van der Waals surface area contributed by atoms with Crippen molar-refractivity contribution in [2.45, 2.75) is 118 Å². The van der Waals surface area contributed by atoms with Crippen LogP contribution in [-0.4, -0.2) is 53.7 Å². The van der Waals surface area contributed by atoms with E-state index in [0.717, 1.165) is 0 Å². The summed E-state index contributed by atoms with van der Waals surface area (Å²) in [5, 5.41) is 0. The Morgan fingerprint density at radius 1 is 0.750 bits per heavy atom. The molecule has 2 N–H and O–H groups in total. The third-order valence-electron chi connectivity index (χ3n) is 6.31. The van der Waals surface area contributed by atoms with Gasteiger partial charge in [-0.1, -0.05) is 33.8 Å². The van der Waals surface area contributed by atoms with Crippen molar-refractivity contribution < 1.29 is 47.6 Å². The molecular formula is C29H45NO10. The Kier molecular flexibility index (Phi) is 12.9. The van der Waals surface area contributed by atoms with Crippen molar-refractivity contribution in [3.8, 4) is 11.5 Å². The van der Waals surface area contributed by atoms with Gasteiger partial charge in [-0.05, 0) is 78.5 Å². The summed E-state index contributed by atoms with van der Waals surface area (Å²) in [6, 6.07) is 3.29. The largest absolute Gasteiger partial charge is 0.514 e. The van der Waals surface area contributed by atoms with Crippen molar-refractivity contribution in [2.24, 2.45) is 11.7 Å². The van der Waals surface area contributed by atoms with Gasteiger partial charge in [-0.2, -0.15) is 0 Å². The van der Waals surface area contributed by atoms with Crippen molar-refractivity contribution in [3.05, 3.63) is 23.8 Å². The van der Waals surface area contributed by atoms with Crippen LogP contribution in [0.4, 0.5) is 9.59 Å². The summed E-state index contributed by atoms with van der Waals surface area (Å²) in [4.78, 5) is 49.3. The molecule has 0 unspecified atom stereocenters. The maximum Gasteiger partial charge on any atom is 0.514 e. The number of carbonyl (C=O) groups is 4. The number of ether oxygens (including phenoxy) is 6. The second kappa shape index (κ2) is 14.9. The molecule has 11 nitrogen and oxygen atoms in total. The molecule has 0 aliphatic rings. The monoisotopic (exact) mass is 567 g/mol. The first-order chi connectivity index (χ1) is 18.4. The van der Waals surface area contributed by atoms with Crippen molar-refractivity contribution in [1.82, 2.24) is 0 Å². The minimum absolute atomic E-state index is 0.00513. The third-order valence-corrected chi connectivity index (χ3v) is 6.31. The second-order valence-corrected chi connectivity index (χ2v) is 11.2. The molecule has 0 saturated heterocycles. The normalized spacial score (nSPS) is 14.0. The number of hydrogen-bond donors (Lipinski definition) is 1. The molecule has 0 aliphatic carbocycles. The number of esters is 2. The van der Waals surface area contributed by atoms with Gasteiger partial charge >= 0.3 is 24.2 Å². The van der Waals surface area contributed by atoms with Gasteiger partial charge in [0.15, 0.2) is 11.5 Å². The molecule has 0 amide bonds. The maximum absolute atomic E-state index is 12.6. The number of carbonyl (C=O) groups excluding carboxylic acids is 4. The van der Waals surface area contributed by atoms with Crippen LogP contribution in [-0.2, 0) is 35.0 Å². The van der Waals surface area contributed by atoms with Gasteiger partial charge in [-0.25, -0.2) is 9.59 Å². The molecule has 0 spiro atoms. The van der Waals surface area contributed by atoms with Crippen molar-refractivity contribution in [1.29, 1.82) is 0 Å². The fourth-order valence-corrected chi connectivity index (χ4v) is 2.78. The third kappa shape index (κ3) is 11.8. The lowest BCUT2D eigenvalue weighted by molar-refractivity contribution is -0.168. The summed E-state index contributed by atoms with van der Waals surface area (Å²) < 4.78 is 32.0. The van der Waals surface area contributed by atoms with Gasteiger partial charge in [0.1, 0.15) is 29.5 Å². The molecule has 226 valence electrons. The quantitative estimate of drug-likeness (QED) is 0.183. The summed E-state index contributed by atoms with van der Waals surface area (Å²) in [7, 11) is 0. The Morgan fingerprint density at radius 3 is 1.65 bits per heavy atom. The van der Waals surface area contributed by atoms with Gasteiger partial charge in [0.25, 0.3) is 0 Å². The highest BCUT2D eigenvalue weighted by Crippen LogP contribution is 2.31. The molecular weight excluding hydrogens is 522 g/mol. The van der Waals surface area contributed by atoms with Crippen LogP contribution in [0.2, 0.25) is 0 Å². The van der Waals surface area contributed by atoms with Gasteiger partial charge < -0.3 is 34.2 Å². The number of rotatable bonds is 13. The minimum Gasteiger partial charge on any atom is -0.459 e. The van der Waals surface area contributed by atoms with Gasteiger partial charge in [0, 0.05) is 0 Å². The van der Waals surface area contributed by atoms with Crippen LogP contribution in [0, 0.1) is 5.92 Å². The minimum atomic E-state index is -1.09. The Balaban J connectivity index is 3.06.